The van der Waals surface area contributed by atoms with Gasteiger partial charge in [0.1, 0.15) is 5.60 Å². The maximum absolute atomic E-state index is 10.9. The first-order valence-corrected chi connectivity index (χ1v) is 8.08. The van der Waals surface area contributed by atoms with E-state index < -0.39 is 5.60 Å². The lowest BCUT2D eigenvalue weighted by molar-refractivity contribution is 0.0431. The van der Waals surface area contributed by atoms with E-state index in [9.17, 15) is 5.11 Å². The van der Waals surface area contributed by atoms with Crippen molar-refractivity contribution in [3.63, 3.8) is 0 Å². The summed E-state index contributed by atoms with van der Waals surface area (Å²) in [5.41, 5.74) is 1.48. The van der Waals surface area contributed by atoms with Gasteiger partial charge in [-0.1, -0.05) is 24.3 Å². The van der Waals surface area contributed by atoms with Crippen LogP contribution in [0.5, 0.6) is 0 Å². The Bertz CT molecular complexity index is 546. The van der Waals surface area contributed by atoms with E-state index in [1.807, 2.05) is 18.2 Å². The normalized spacial score (nSPS) is 26.5. The Labute approximate surface area is 154 Å². The summed E-state index contributed by atoms with van der Waals surface area (Å²) in [4.78, 5) is 4.22. The predicted molar refractivity (Wildman–Crippen MR) is 102 cm³/mol. The molecule has 3 rings (SSSR count). The van der Waals surface area contributed by atoms with Crippen molar-refractivity contribution >= 4 is 29.9 Å². The van der Waals surface area contributed by atoms with Gasteiger partial charge in [-0.15, -0.1) is 24.0 Å². The van der Waals surface area contributed by atoms with Crippen LogP contribution in [0.25, 0.3) is 0 Å². The average molecular weight is 431 g/mol. The van der Waals surface area contributed by atoms with Crippen LogP contribution in [0, 0.1) is 0 Å². The second kappa shape index (κ2) is 8.30. The summed E-state index contributed by atoms with van der Waals surface area (Å²) >= 11 is 0. The minimum Gasteiger partial charge on any atom is -0.383 e. The minimum absolute atomic E-state index is 0. The Hall–Kier alpha value is -0.860. The van der Waals surface area contributed by atoms with E-state index in [1.165, 1.54) is 5.56 Å². The highest BCUT2D eigenvalue weighted by atomic mass is 127. The lowest BCUT2D eigenvalue weighted by atomic mass is 9.96. The first-order valence-electron chi connectivity index (χ1n) is 8.08. The average Bonchev–Trinajstić information content (AvgIpc) is 3.17. The van der Waals surface area contributed by atoms with E-state index in [0.717, 1.165) is 44.4 Å². The Morgan fingerprint density at radius 3 is 2.96 bits per heavy atom. The number of hydrogen-bond acceptors (Lipinski definition) is 3. The lowest BCUT2D eigenvalue weighted by Crippen LogP contribution is -2.46. The topological polar surface area (TPSA) is 65.9 Å². The third kappa shape index (κ3) is 4.36. The van der Waals surface area contributed by atoms with E-state index in [4.69, 9.17) is 4.74 Å². The zero-order chi connectivity index (χ0) is 15.4. The molecule has 0 radical (unpaired) electrons. The fourth-order valence-corrected chi connectivity index (χ4v) is 3.32. The maximum Gasteiger partial charge on any atom is 0.191 e. The quantitative estimate of drug-likeness (QED) is 0.387. The highest BCUT2D eigenvalue weighted by molar-refractivity contribution is 14.0. The summed E-state index contributed by atoms with van der Waals surface area (Å²) in [5.74, 6) is 0.716. The minimum atomic E-state index is -0.807. The standard InChI is InChI=1S/C17H25N3O2.HI/c1-18-16(19-11-14-6-4-10-22-14)20-12-17(21)9-8-13-5-2-3-7-15(13)17;/h2-3,5,7,14,21H,4,6,8-12H2,1H3,(H2,18,19,20);1H. The van der Waals surface area contributed by atoms with Gasteiger partial charge < -0.3 is 20.5 Å². The Balaban J connectivity index is 0.00000192. The zero-order valence-electron chi connectivity index (χ0n) is 13.5. The van der Waals surface area contributed by atoms with Gasteiger partial charge in [-0.3, -0.25) is 4.99 Å². The third-order valence-electron chi connectivity index (χ3n) is 4.62. The number of aliphatic imine (C=N–C) groups is 1. The highest BCUT2D eigenvalue weighted by Gasteiger charge is 2.36. The van der Waals surface area contributed by atoms with Gasteiger partial charge in [0.05, 0.1) is 12.6 Å². The van der Waals surface area contributed by atoms with Crippen molar-refractivity contribution in [1.29, 1.82) is 0 Å². The van der Waals surface area contributed by atoms with Crippen molar-refractivity contribution in [3.05, 3.63) is 35.4 Å². The number of nitrogens with one attached hydrogen (secondary N) is 2. The molecule has 1 saturated heterocycles. The zero-order valence-corrected chi connectivity index (χ0v) is 15.9. The molecular formula is C17H26IN3O2. The van der Waals surface area contributed by atoms with Crippen molar-refractivity contribution < 1.29 is 9.84 Å². The van der Waals surface area contributed by atoms with Gasteiger partial charge in [0.15, 0.2) is 5.96 Å². The van der Waals surface area contributed by atoms with E-state index in [1.54, 1.807) is 7.05 Å². The van der Waals surface area contributed by atoms with Crippen LogP contribution in [0.2, 0.25) is 0 Å². The van der Waals surface area contributed by atoms with Gasteiger partial charge in [-0.25, -0.2) is 0 Å². The van der Waals surface area contributed by atoms with Gasteiger partial charge >= 0.3 is 0 Å². The molecule has 2 atom stereocenters. The van der Waals surface area contributed by atoms with Crippen molar-refractivity contribution in [3.8, 4) is 0 Å². The number of aryl methyl sites for hydroxylation is 1. The molecule has 1 aromatic carbocycles. The number of nitrogens with zero attached hydrogens (tertiary/aromatic N) is 1. The smallest absolute Gasteiger partial charge is 0.191 e. The lowest BCUT2D eigenvalue weighted by Gasteiger charge is -2.26. The van der Waals surface area contributed by atoms with Crippen LogP contribution in [-0.2, 0) is 16.8 Å². The van der Waals surface area contributed by atoms with Crippen LogP contribution in [-0.4, -0.2) is 43.9 Å². The third-order valence-corrected chi connectivity index (χ3v) is 4.62. The molecule has 23 heavy (non-hydrogen) atoms. The Morgan fingerprint density at radius 2 is 2.22 bits per heavy atom. The molecule has 5 nitrogen and oxygen atoms in total. The van der Waals surface area contributed by atoms with Crippen LogP contribution >= 0.6 is 24.0 Å². The summed E-state index contributed by atoms with van der Waals surface area (Å²) in [6.07, 6.45) is 4.18. The monoisotopic (exact) mass is 431 g/mol. The van der Waals surface area contributed by atoms with E-state index in [-0.39, 0.29) is 30.1 Å². The molecule has 1 heterocycles. The van der Waals surface area contributed by atoms with E-state index in [2.05, 4.69) is 21.7 Å². The molecule has 2 unspecified atom stereocenters. The van der Waals surface area contributed by atoms with Gasteiger partial charge in [0, 0.05) is 20.2 Å². The molecule has 1 aliphatic heterocycles. The number of hydrogen-bond donors (Lipinski definition) is 3. The van der Waals surface area contributed by atoms with Crippen LogP contribution in [0.15, 0.2) is 29.3 Å². The van der Waals surface area contributed by atoms with Crippen molar-refractivity contribution in [2.45, 2.75) is 37.4 Å². The number of halogens is 1. The predicted octanol–water partition coefficient (Wildman–Crippen LogP) is 1.78. The van der Waals surface area contributed by atoms with Crippen molar-refractivity contribution in [2.24, 2.45) is 4.99 Å². The molecule has 0 spiro atoms. The highest BCUT2D eigenvalue weighted by Crippen LogP contribution is 2.36. The molecule has 0 amide bonds. The number of guanidine groups is 1. The molecule has 2 aliphatic rings. The van der Waals surface area contributed by atoms with Crippen LogP contribution in [0.3, 0.4) is 0 Å². The molecule has 3 N–H and O–H groups in total. The molecule has 128 valence electrons. The molecule has 1 fully saturated rings. The first-order chi connectivity index (χ1) is 10.7. The van der Waals surface area contributed by atoms with Crippen molar-refractivity contribution in [1.82, 2.24) is 10.6 Å². The van der Waals surface area contributed by atoms with Gasteiger partial charge in [0.25, 0.3) is 0 Å². The molecule has 0 aromatic heterocycles. The number of ether oxygens (including phenoxy) is 1. The van der Waals surface area contributed by atoms with Gasteiger partial charge in [-0.05, 0) is 36.8 Å². The molecule has 1 aliphatic carbocycles. The van der Waals surface area contributed by atoms with Gasteiger partial charge in [0.2, 0.25) is 0 Å². The number of aliphatic hydroxyl groups is 1. The Morgan fingerprint density at radius 1 is 1.39 bits per heavy atom. The maximum atomic E-state index is 10.9. The fourth-order valence-electron chi connectivity index (χ4n) is 3.32. The number of benzene rings is 1. The number of fused-ring (bicyclic) bond motifs is 1. The summed E-state index contributed by atoms with van der Waals surface area (Å²) < 4.78 is 5.60. The SMILES string of the molecule is CN=C(NCC1CCCO1)NCC1(O)CCc2ccccc21.I. The first kappa shape index (κ1) is 18.5. The van der Waals surface area contributed by atoms with Crippen LogP contribution in [0.4, 0.5) is 0 Å². The Kier molecular flexibility index (Phi) is 6.67. The van der Waals surface area contributed by atoms with Crippen molar-refractivity contribution in [2.75, 3.05) is 26.7 Å². The molecule has 0 saturated carbocycles. The summed E-state index contributed by atoms with van der Waals surface area (Å²) in [6.45, 7) is 2.08. The van der Waals surface area contributed by atoms with E-state index >= 15 is 0 Å². The number of rotatable bonds is 4. The second-order valence-electron chi connectivity index (χ2n) is 6.13. The molecule has 1 aromatic rings. The largest absolute Gasteiger partial charge is 0.383 e. The summed E-state index contributed by atoms with van der Waals surface area (Å²) in [6, 6.07) is 8.13. The molecular weight excluding hydrogens is 405 g/mol. The summed E-state index contributed by atoms with van der Waals surface area (Å²) in [5, 5.41) is 17.4. The van der Waals surface area contributed by atoms with Gasteiger partial charge in [-0.2, -0.15) is 0 Å². The van der Waals surface area contributed by atoms with E-state index in [0.29, 0.717) is 12.5 Å². The second-order valence-corrected chi connectivity index (χ2v) is 6.13. The van der Waals surface area contributed by atoms with Crippen LogP contribution in [0.1, 0.15) is 30.4 Å². The van der Waals surface area contributed by atoms with Crippen LogP contribution < -0.4 is 10.6 Å². The molecule has 6 heteroatoms. The summed E-state index contributed by atoms with van der Waals surface area (Å²) in [7, 11) is 1.75. The fraction of sp³-hybridized carbons (Fsp3) is 0.588. The molecule has 0 bridgehead atoms.